The Hall–Kier alpha value is -3.92. The van der Waals surface area contributed by atoms with Crippen LogP contribution in [0.5, 0.6) is 0 Å². The standard InChI is InChI=1S/C31H35ClFN5O4/c1-19-28(25(32)13-14-38(19)42)24-11-9-22(17-26(24)33)34-31(41)29(21-7-5-3-4-6-8-21)35-30(40)27-12-10-23-18-36(20(2)39)15-16-37(23)27/h9-14,17,21,29H,3-8,15-16,18H2,1-2H3,(H,34,41)(H,35,40)/t29-/m0/s1. The van der Waals surface area contributed by atoms with E-state index in [1.165, 1.54) is 31.3 Å². The van der Waals surface area contributed by atoms with E-state index in [2.05, 4.69) is 10.6 Å². The Morgan fingerprint density at radius 3 is 2.50 bits per heavy atom. The van der Waals surface area contributed by atoms with Gasteiger partial charge in [0.2, 0.25) is 11.8 Å². The van der Waals surface area contributed by atoms with E-state index in [1.54, 1.807) is 24.0 Å². The van der Waals surface area contributed by atoms with E-state index in [0.29, 0.717) is 30.1 Å². The minimum absolute atomic E-state index is 0.0148. The first kappa shape index (κ1) is 29.6. The van der Waals surface area contributed by atoms with Crippen LogP contribution in [0.2, 0.25) is 5.02 Å². The third kappa shape index (κ3) is 6.13. The Bertz CT molecular complexity index is 1520. The number of amides is 3. The van der Waals surface area contributed by atoms with Crippen molar-refractivity contribution in [3.63, 3.8) is 0 Å². The van der Waals surface area contributed by atoms with E-state index in [1.807, 2.05) is 10.6 Å². The summed E-state index contributed by atoms with van der Waals surface area (Å²) < 4.78 is 17.8. The third-order valence-electron chi connectivity index (χ3n) is 8.43. The molecule has 3 amide bonds. The van der Waals surface area contributed by atoms with E-state index in [-0.39, 0.29) is 45.3 Å². The van der Waals surface area contributed by atoms with Crippen molar-refractivity contribution in [1.29, 1.82) is 0 Å². The maximum atomic E-state index is 15.3. The molecule has 3 heterocycles. The molecule has 0 bridgehead atoms. The van der Waals surface area contributed by atoms with Crippen LogP contribution in [0.25, 0.3) is 11.1 Å². The van der Waals surface area contributed by atoms with Crippen molar-refractivity contribution in [2.45, 2.75) is 71.5 Å². The quantitative estimate of drug-likeness (QED) is 0.238. The van der Waals surface area contributed by atoms with Gasteiger partial charge in [0.1, 0.15) is 17.6 Å². The second kappa shape index (κ2) is 12.5. The highest BCUT2D eigenvalue weighted by molar-refractivity contribution is 6.33. The number of hydrogen-bond acceptors (Lipinski definition) is 4. The van der Waals surface area contributed by atoms with E-state index < -0.39 is 17.8 Å². The first-order valence-electron chi connectivity index (χ1n) is 14.4. The molecule has 1 aliphatic carbocycles. The van der Waals surface area contributed by atoms with Crippen LogP contribution in [0.1, 0.15) is 67.3 Å². The summed E-state index contributed by atoms with van der Waals surface area (Å²) in [6.45, 7) is 4.52. The van der Waals surface area contributed by atoms with Crippen molar-refractivity contribution in [3.05, 3.63) is 75.7 Å². The van der Waals surface area contributed by atoms with Gasteiger partial charge in [-0.2, -0.15) is 4.73 Å². The van der Waals surface area contributed by atoms with Gasteiger partial charge in [0.15, 0.2) is 11.9 Å². The fraction of sp³-hybridized carbons (Fsp3) is 0.419. The molecule has 2 N–H and O–H groups in total. The summed E-state index contributed by atoms with van der Waals surface area (Å²) in [5.41, 5.74) is 2.24. The third-order valence-corrected chi connectivity index (χ3v) is 8.74. The predicted octanol–water partition coefficient (Wildman–Crippen LogP) is 4.96. The normalized spacial score (nSPS) is 16.3. The number of halogens is 2. The summed E-state index contributed by atoms with van der Waals surface area (Å²) in [4.78, 5) is 40.8. The SMILES string of the molecule is CC(=O)N1CCn2c(ccc2C(=O)N[C@H](C(=O)Nc2ccc(-c3c(Cl)cc[n+]([O-])c3C)c(F)c2)C2CCCCCC2)C1. The number of anilines is 1. The summed E-state index contributed by atoms with van der Waals surface area (Å²) in [7, 11) is 0. The summed E-state index contributed by atoms with van der Waals surface area (Å²) in [6, 6.07) is 8.40. The van der Waals surface area contributed by atoms with E-state index >= 15 is 4.39 Å². The molecule has 42 heavy (non-hydrogen) atoms. The number of aromatic nitrogens is 2. The molecule has 5 rings (SSSR count). The molecule has 222 valence electrons. The number of hydrogen-bond donors (Lipinski definition) is 2. The lowest BCUT2D eigenvalue weighted by atomic mass is 9.91. The van der Waals surface area contributed by atoms with Crippen molar-refractivity contribution in [2.24, 2.45) is 5.92 Å². The molecule has 0 spiro atoms. The van der Waals surface area contributed by atoms with Crippen molar-refractivity contribution < 1.29 is 23.5 Å². The number of pyridine rings is 1. The van der Waals surface area contributed by atoms with Crippen molar-refractivity contribution in [3.8, 4) is 11.1 Å². The fourth-order valence-corrected chi connectivity index (χ4v) is 6.38. The van der Waals surface area contributed by atoms with Crippen molar-refractivity contribution in [2.75, 3.05) is 11.9 Å². The van der Waals surface area contributed by atoms with Crippen LogP contribution in [-0.4, -0.2) is 39.8 Å². The molecular weight excluding hydrogens is 561 g/mol. The number of nitrogens with zero attached hydrogens (tertiary/aromatic N) is 3. The second-order valence-corrected chi connectivity index (χ2v) is 11.5. The smallest absolute Gasteiger partial charge is 0.268 e. The van der Waals surface area contributed by atoms with Crippen LogP contribution in [0.3, 0.4) is 0 Å². The molecule has 1 saturated carbocycles. The van der Waals surface area contributed by atoms with Gasteiger partial charge in [-0.3, -0.25) is 14.4 Å². The zero-order chi connectivity index (χ0) is 30.0. The molecule has 0 saturated heterocycles. The summed E-state index contributed by atoms with van der Waals surface area (Å²) >= 11 is 6.28. The van der Waals surface area contributed by atoms with Crippen LogP contribution in [0, 0.1) is 23.9 Å². The molecule has 1 atom stereocenters. The number of carbonyl (C=O) groups is 3. The summed E-state index contributed by atoms with van der Waals surface area (Å²) in [6.07, 6.45) is 6.95. The molecule has 0 radical (unpaired) electrons. The Morgan fingerprint density at radius 1 is 1.07 bits per heavy atom. The Labute approximate surface area is 249 Å². The largest absolute Gasteiger partial charge is 0.618 e. The Morgan fingerprint density at radius 2 is 1.81 bits per heavy atom. The molecule has 1 fully saturated rings. The lowest BCUT2D eigenvalue weighted by Gasteiger charge is -2.29. The maximum Gasteiger partial charge on any atom is 0.268 e. The number of nitrogens with one attached hydrogen (secondary N) is 2. The molecule has 2 aromatic heterocycles. The summed E-state index contributed by atoms with van der Waals surface area (Å²) in [5.74, 6) is -1.49. The zero-order valence-electron chi connectivity index (χ0n) is 23.8. The highest BCUT2D eigenvalue weighted by Gasteiger charge is 2.32. The van der Waals surface area contributed by atoms with Crippen LogP contribution < -0.4 is 15.4 Å². The first-order valence-corrected chi connectivity index (χ1v) is 14.8. The predicted molar refractivity (Wildman–Crippen MR) is 157 cm³/mol. The average molecular weight is 596 g/mol. The van der Waals surface area contributed by atoms with Gasteiger partial charge in [0, 0.05) is 49.9 Å². The van der Waals surface area contributed by atoms with Crippen molar-refractivity contribution in [1.82, 2.24) is 14.8 Å². The summed E-state index contributed by atoms with van der Waals surface area (Å²) in [5, 5.41) is 18.1. The number of rotatable bonds is 6. The van der Waals surface area contributed by atoms with Gasteiger partial charge in [-0.15, -0.1) is 0 Å². The topological polar surface area (TPSA) is 110 Å². The molecule has 11 heteroatoms. The fourth-order valence-electron chi connectivity index (χ4n) is 6.08. The Kier molecular flexibility index (Phi) is 8.82. The Balaban J connectivity index is 1.37. The van der Waals surface area contributed by atoms with E-state index in [0.717, 1.165) is 44.2 Å². The number of fused-ring (bicyclic) bond motifs is 1. The molecule has 1 aliphatic heterocycles. The number of carbonyl (C=O) groups excluding carboxylic acids is 3. The van der Waals surface area contributed by atoms with E-state index in [4.69, 9.17) is 11.6 Å². The molecule has 2 aliphatic rings. The van der Waals surface area contributed by atoms with Gasteiger partial charge < -0.3 is 25.3 Å². The van der Waals surface area contributed by atoms with E-state index in [9.17, 15) is 19.6 Å². The highest BCUT2D eigenvalue weighted by Crippen LogP contribution is 2.33. The molecule has 1 aromatic carbocycles. The average Bonchev–Trinajstić information content (AvgIpc) is 3.20. The van der Waals surface area contributed by atoms with Crippen LogP contribution in [0.15, 0.2) is 42.6 Å². The van der Waals surface area contributed by atoms with Gasteiger partial charge in [0.25, 0.3) is 5.91 Å². The second-order valence-electron chi connectivity index (χ2n) is 11.1. The molecular formula is C31H35ClFN5O4. The lowest BCUT2D eigenvalue weighted by Crippen LogP contribution is -2.49. The minimum Gasteiger partial charge on any atom is -0.618 e. The first-order chi connectivity index (χ1) is 20.1. The number of benzene rings is 1. The van der Waals surface area contributed by atoms with Gasteiger partial charge in [-0.1, -0.05) is 37.3 Å². The van der Waals surface area contributed by atoms with Gasteiger partial charge in [-0.25, -0.2) is 4.39 Å². The highest BCUT2D eigenvalue weighted by atomic mass is 35.5. The maximum absolute atomic E-state index is 15.3. The molecule has 9 nitrogen and oxygen atoms in total. The van der Waals surface area contributed by atoms with Crippen LogP contribution in [-0.2, 0) is 22.7 Å². The molecule has 3 aromatic rings. The lowest BCUT2D eigenvalue weighted by molar-refractivity contribution is -0.611. The minimum atomic E-state index is -0.813. The van der Waals surface area contributed by atoms with Gasteiger partial charge in [-0.05, 0) is 49.1 Å². The monoisotopic (exact) mass is 595 g/mol. The van der Waals surface area contributed by atoms with Crippen molar-refractivity contribution >= 4 is 35.0 Å². The van der Waals surface area contributed by atoms with Gasteiger partial charge in [0.05, 0.1) is 17.1 Å². The zero-order valence-corrected chi connectivity index (χ0v) is 24.5. The molecule has 0 unspecified atom stereocenters. The van der Waals surface area contributed by atoms with Crippen LogP contribution >= 0.6 is 11.6 Å². The van der Waals surface area contributed by atoms with Crippen LogP contribution in [0.4, 0.5) is 10.1 Å². The van der Waals surface area contributed by atoms with Gasteiger partial charge >= 0.3 is 0 Å².